The molecule has 1 aromatic heterocycles. The Balaban J connectivity index is 2.24. The molecule has 0 amide bonds. The third kappa shape index (κ3) is 2.94. The van der Waals surface area contributed by atoms with Crippen LogP contribution in [-0.4, -0.2) is 26.9 Å². The molecule has 0 aliphatic heterocycles. The number of nitro benzene ring substituents is 1. The number of aromatic nitrogens is 2. The Bertz CT molecular complexity index is 622. The minimum absolute atomic E-state index is 0.0760. The number of hydrogen-bond donors (Lipinski definition) is 1. The highest BCUT2D eigenvalue weighted by Gasteiger charge is 2.15. The molecule has 106 valence electrons. The molecule has 20 heavy (non-hydrogen) atoms. The van der Waals surface area contributed by atoms with Crippen molar-refractivity contribution in [1.82, 2.24) is 9.78 Å². The van der Waals surface area contributed by atoms with Crippen LogP contribution in [0.25, 0.3) is 0 Å². The first-order chi connectivity index (χ1) is 9.51. The molecular weight excluding hydrogens is 262 g/mol. The van der Waals surface area contributed by atoms with Gasteiger partial charge in [-0.15, -0.1) is 0 Å². The summed E-state index contributed by atoms with van der Waals surface area (Å²) < 4.78 is 6.57. The van der Waals surface area contributed by atoms with Gasteiger partial charge in [0.1, 0.15) is 0 Å². The quantitative estimate of drug-likeness (QED) is 0.665. The predicted octanol–water partition coefficient (Wildman–Crippen LogP) is 1.90. The lowest BCUT2D eigenvalue weighted by molar-refractivity contribution is -0.385. The summed E-state index contributed by atoms with van der Waals surface area (Å²) in [5.41, 5.74) is 1.36. The number of nitrogens with zero attached hydrogens (tertiary/aromatic N) is 3. The fourth-order valence-electron chi connectivity index (χ4n) is 1.85. The van der Waals surface area contributed by atoms with Crippen LogP contribution in [0.2, 0.25) is 0 Å². The van der Waals surface area contributed by atoms with E-state index in [1.165, 1.54) is 13.2 Å². The van der Waals surface area contributed by atoms with Crippen molar-refractivity contribution in [2.75, 3.05) is 7.11 Å². The van der Waals surface area contributed by atoms with E-state index in [4.69, 9.17) is 4.74 Å². The number of hydrogen-bond acceptors (Lipinski definition) is 5. The second-order valence-electron chi connectivity index (χ2n) is 4.41. The van der Waals surface area contributed by atoms with Gasteiger partial charge in [0.2, 0.25) is 0 Å². The second-order valence-corrected chi connectivity index (χ2v) is 4.41. The molecule has 1 N–H and O–H groups in total. The highest BCUT2D eigenvalue weighted by Crippen LogP contribution is 2.27. The molecular formula is C13H15N3O4. The fraction of sp³-hybridized carbons (Fsp3) is 0.308. The Labute approximate surface area is 115 Å². The lowest BCUT2D eigenvalue weighted by atomic mass is 10.2. The normalized spacial score (nSPS) is 12.2. The molecule has 0 fully saturated rings. The number of ether oxygens (including phenoxy) is 1. The molecule has 1 atom stereocenters. The summed E-state index contributed by atoms with van der Waals surface area (Å²) >= 11 is 0. The van der Waals surface area contributed by atoms with Crippen molar-refractivity contribution >= 4 is 5.69 Å². The maximum atomic E-state index is 10.9. The number of rotatable bonds is 5. The maximum absolute atomic E-state index is 10.9. The standard InChI is InChI=1S/C13H15N3O4/c1-9(17)11-6-14-15(8-11)7-10-3-4-13(20-2)12(5-10)16(18)19/h3-6,8-9,17H,7H2,1-2H3. The lowest BCUT2D eigenvalue weighted by Crippen LogP contribution is -2.02. The van der Waals surface area contributed by atoms with E-state index in [0.717, 1.165) is 5.56 Å². The molecule has 0 aliphatic carbocycles. The zero-order valence-electron chi connectivity index (χ0n) is 11.2. The highest BCUT2D eigenvalue weighted by atomic mass is 16.6. The molecule has 2 aromatic rings. The van der Waals surface area contributed by atoms with Crippen molar-refractivity contribution in [2.45, 2.75) is 19.6 Å². The van der Waals surface area contributed by atoms with E-state index in [0.29, 0.717) is 12.1 Å². The van der Waals surface area contributed by atoms with Gasteiger partial charge in [-0.3, -0.25) is 14.8 Å². The average Bonchev–Trinajstić information content (AvgIpc) is 2.87. The Morgan fingerprint density at radius 2 is 2.30 bits per heavy atom. The zero-order chi connectivity index (χ0) is 14.7. The van der Waals surface area contributed by atoms with Crippen molar-refractivity contribution in [1.29, 1.82) is 0 Å². The molecule has 1 unspecified atom stereocenters. The van der Waals surface area contributed by atoms with Crippen molar-refractivity contribution in [2.24, 2.45) is 0 Å². The molecule has 7 nitrogen and oxygen atoms in total. The number of methoxy groups -OCH3 is 1. The van der Waals surface area contributed by atoms with E-state index in [1.54, 1.807) is 36.1 Å². The first-order valence-electron chi connectivity index (χ1n) is 6.03. The van der Waals surface area contributed by atoms with Gasteiger partial charge in [0.25, 0.3) is 0 Å². The lowest BCUT2D eigenvalue weighted by Gasteiger charge is -2.05. The van der Waals surface area contributed by atoms with E-state index in [-0.39, 0.29) is 11.4 Å². The summed E-state index contributed by atoms with van der Waals surface area (Å²) in [5.74, 6) is 0.226. The second kappa shape index (κ2) is 5.70. The highest BCUT2D eigenvalue weighted by molar-refractivity contribution is 5.48. The molecule has 0 aliphatic rings. The molecule has 1 heterocycles. The minimum Gasteiger partial charge on any atom is -0.490 e. The molecule has 1 aromatic carbocycles. The summed E-state index contributed by atoms with van der Waals surface area (Å²) in [5, 5.41) is 24.5. The number of benzene rings is 1. The van der Waals surface area contributed by atoms with Crippen LogP contribution in [0.1, 0.15) is 24.2 Å². The number of nitro groups is 1. The monoisotopic (exact) mass is 277 g/mol. The van der Waals surface area contributed by atoms with Gasteiger partial charge in [-0.25, -0.2) is 0 Å². The van der Waals surface area contributed by atoms with Crippen molar-refractivity contribution in [3.63, 3.8) is 0 Å². The van der Waals surface area contributed by atoms with Crippen LogP contribution >= 0.6 is 0 Å². The molecule has 0 bridgehead atoms. The van der Waals surface area contributed by atoms with Crippen LogP contribution in [0, 0.1) is 10.1 Å². The van der Waals surface area contributed by atoms with E-state index in [2.05, 4.69) is 5.10 Å². The van der Waals surface area contributed by atoms with Crippen LogP contribution in [0.5, 0.6) is 5.75 Å². The zero-order valence-corrected chi connectivity index (χ0v) is 11.2. The minimum atomic E-state index is -0.589. The number of aliphatic hydroxyl groups is 1. The number of aliphatic hydroxyl groups excluding tert-OH is 1. The van der Waals surface area contributed by atoms with E-state index < -0.39 is 11.0 Å². The molecule has 0 saturated heterocycles. The van der Waals surface area contributed by atoms with E-state index >= 15 is 0 Å². The first kappa shape index (κ1) is 14.0. The van der Waals surface area contributed by atoms with Gasteiger partial charge in [-0.2, -0.15) is 5.10 Å². The van der Waals surface area contributed by atoms with Crippen LogP contribution in [0.3, 0.4) is 0 Å². The summed E-state index contributed by atoms with van der Waals surface area (Å²) in [4.78, 5) is 10.5. The van der Waals surface area contributed by atoms with Crippen LogP contribution < -0.4 is 4.74 Å². The van der Waals surface area contributed by atoms with Crippen molar-refractivity contribution in [3.05, 3.63) is 51.8 Å². The Kier molecular flexibility index (Phi) is 3.99. The molecule has 7 heteroatoms. The molecule has 0 saturated carbocycles. The van der Waals surface area contributed by atoms with Crippen LogP contribution in [0.4, 0.5) is 5.69 Å². The van der Waals surface area contributed by atoms with Crippen LogP contribution in [-0.2, 0) is 6.54 Å². The van der Waals surface area contributed by atoms with Crippen molar-refractivity contribution < 1.29 is 14.8 Å². The maximum Gasteiger partial charge on any atom is 0.311 e. The van der Waals surface area contributed by atoms with Gasteiger partial charge < -0.3 is 9.84 Å². The average molecular weight is 277 g/mol. The summed E-state index contributed by atoms with van der Waals surface area (Å²) in [6.07, 6.45) is 2.69. The fourth-order valence-corrected chi connectivity index (χ4v) is 1.85. The SMILES string of the molecule is COc1ccc(Cn2cc(C(C)O)cn2)cc1[N+](=O)[O-]. The van der Waals surface area contributed by atoms with Crippen molar-refractivity contribution in [3.8, 4) is 5.75 Å². The molecule has 0 radical (unpaired) electrons. The Morgan fingerprint density at radius 1 is 1.55 bits per heavy atom. The van der Waals surface area contributed by atoms with Gasteiger partial charge in [0.15, 0.2) is 5.75 Å². The first-order valence-corrected chi connectivity index (χ1v) is 6.03. The van der Waals surface area contributed by atoms with Gasteiger partial charge >= 0.3 is 5.69 Å². The van der Waals surface area contributed by atoms with Crippen LogP contribution in [0.15, 0.2) is 30.6 Å². The third-order valence-electron chi connectivity index (χ3n) is 2.92. The Morgan fingerprint density at radius 3 is 2.85 bits per heavy atom. The molecule has 0 spiro atoms. The predicted molar refractivity (Wildman–Crippen MR) is 71.6 cm³/mol. The summed E-state index contributed by atoms with van der Waals surface area (Å²) in [7, 11) is 1.39. The van der Waals surface area contributed by atoms with Gasteiger partial charge in [-0.1, -0.05) is 6.07 Å². The summed E-state index contributed by atoms with van der Waals surface area (Å²) in [6, 6.07) is 4.77. The van der Waals surface area contributed by atoms with Gasteiger partial charge in [0, 0.05) is 17.8 Å². The largest absolute Gasteiger partial charge is 0.490 e. The van der Waals surface area contributed by atoms with E-state index in [9.17, 15) is 15.2 Å². The third-order valence-corrected chi connectivity index (χ3v) is 2.92. The van der Waals surface area contributed by atoms with E-state index in [1.807, 2.05) is 0 Å². The molecule has 2 rings (SSSR count). The summed E-state index contributed by atoms with van der Waals surface area (Å²) in [6.45, 7) is 2.04. The van der Waals surface area contributed by atoms with Gasteiger partial charge in [-0.05, 0) is 18.6 Å². The Hall–Kier alpha value is -2.41. The smallest absolute Gasteiger partial charge is 0.311 e. The topological polar surface area (TPSA) is 90.4 Å². The van der Waals surface area contributed by atoms with Gasteiger partial charge in [0.05, 0.1) is 30.9 Å².